The molecule has 1 aromatic carbocycles. The molecule has 0 fully saturated rings. The second kappa shape index (κ2) is 6.33. The number of nitrogens with zero attached hydrogens (tertiary/aromatic N) is 2. The Kier molecular flexibility index (Phi) is 4.52. The quantitative estimate of drug-likeness (QED) is 0.865. The van der Waals surface area contributed by atoms with Crippen LogP contribution >= 0.6 is 0 Å². The lowest BCUT2D eigenvalue weighted by molar-refractivity contribution is 0.255. The van der Waals surface area contributed by atoms with Gasteiger partial charge >= 0.3 is 0 Å². The van der Waals surface area contributed by atoms with Crippen molar-refractivity contribution in [3.05, 3.63) is 41.6 Å². The van der Waals surface area contributed by atoms with Crippen LogP contribution in [0.5, 0.6) is 5.75 Å². The van der Waals surface area contributed by atoms with Crippen molar-refractivity contribution in [3.63, 3.8) is 0 Å². The molecule has 0 spiro atoms. The zero-order valence-electron chi connectivity index (χ0n) is 11.5. The van der Waals surface area contributed by atoms with Crippen LogP contribution in [-0.4, -0.2) is 17.2 Å². The van der Waals surface area contributed by atoms with Crippen molar-refractivity contribution in [1.82, 2.24) is 15.5 Å². The standard InChI is InChI=1S/C14H19N3O2/c1-4-13-16-17-14(19-13)9-18-12-8-6-5-7-11(12)10(2)15-3/h5-8,10,15H,4,9H2,1-3H3. The van der Waals surface area contributed by atoms with Crippen molar-refractivity contribution in [2.45, 2.75) is 32.9 Å². The first-order valence-corrected chi connectivity index (χ1v) is 6.44. The first-order valence-electron chi connectivity index (χ1n) is 6.44. The highest BCUT2D eigenvalue weighted by molar-refractivity contribution is 5.35. The number of aromatic nitrogens is 2. The van der Waals surface area contributed by atoms with Gasteiger partial charge in [0.1, 0.15) is 5.75 Å². The Hall–Kier alpha value is -1.88. The molecule has 5 heteroatoms. The molecule has 1 heterocycles. The van der Waals surface area contributed by atoms with Gasteiger partial charge in [-0.2, -0.15) is 0 Å². The molecule has 0 saturated heterocycles. The Morgan fingerprint density at radius 1 is 1.26 bits per heavy atom. The van der Waals surface area contributed by atoms with E-state index in [-0.39, 0.29) is 6.04 Å². The molecule has 2 aromatic rings. The van der Waals surface area contributed by atoms with Gasteiger partial charge in [-0.25, -0.2) is 0 Å². The third-order valence-electron chi connectivity index (χ3n) is 2.98. The summed E-state index contributed by atoms with van der Waals surface area (Å²) in [4.78, 5) is 0. The van der Waals surface area contributed by atoms with Gasteiger partial charge in [-0.1, -0.05) is 25.1 Å². The topological polar surface area (TPSA) is 60.2 Å². The first-order chi connectivity index (χ1) is 9.24. The average molecular weight is 261 g/mol. The first kappa shape index (κ1) is 13.5. The van der Waals surface area contributed by atoms with E-state index in [2.05, 4.69) is 22.4 Å². The van der Waals surface area contributed by atoms with Crippen molar-refractivity contribution in [2.75, 3.05) is 7.05 Å². The van der Waals surface area contributed by atoms with Crippen LogP contribution in [0, 0.1) is 0 Å². The van der Waals surface area contributed by atoms with Gasteiger partial charge in [0, 0.05) is 18.0 Å². The number of hydrogen-bond acceptors (Lipinski definition) is 5. The molecule has 2 rings (SSSR count). The lowest BCUT2D eigenvalue weighted by atomic mass is 10.1. The molecule has 0 amide bonds. The molecule has 5 nitrogen and oxygen atoms in total. The number of hydrogen-bond donors (Lipinski definition) is 1. The van der Waals surface area contributed by atoms with Gasteiger partial charge in [-0.05, 0) is 20.0 Å². The van der Waals surface area contributed by atoms with Gasteiger partial charge < -0.3 is 14.5 Å². The monoisotopic (exact) mass is 261 g/mol. The summed E-state index contributed by atoms with van der Waals surface area (Å²) in [5.74, 6) is 1.97. The Morgan fingerprint density at radius 3 is 2.68 bits per heavy atom. The fourth-order valence-electron chi connectivity index (χ4n) is 1.75. The van der Waals surface area contributed by atoms with Crippen LogP contribution in [0.2, 0.25) is 0 Å². The summed E-state index contributed by atoms with van der Waals surface area (Å²) in [6.07, 6.45) is 0.736. The highest BCUT2D eigenvalue weighted by Crippen LogP contribution is 2.25. The van der Waals surface area contributed by atoms with Gasteiger partial charge in [0.05, 0.1) is 0 Å². The zero-order valence-corrected chi connectivity index (χ0v) is 11.5. The normalized spacial score (nSPS) is 12.4. The molecule has 1 atom stereocenters. The number of ether oxygens (including phenoxy) is 1. The van der Waals surface area contributed by atoms with Gasteiger partial charge in [0.25, 0.3) is 5.89 Å². The summed E-state index contributed by atoms with van der Waals surface area (Å²) in [7, 11) is 1.92. The zero-order chi connectivity index (χ0) is 13.7. The van der Waals surface area contributed by atoms with Gasteiger partial charge in [0.15, 0.2) is 6.61 Å². The van der Waals surface area contributed by atoms with E-state index in [1.54, 1.807) is 0 Å². The van der Waals surface area contributed by atoms with Gasteiger partial charge in [-0.3, -0.25) is 0 Å². The number of para-hydroxylation sites is 1. The molecule has 1 aromatic heterocycles. The minimum absolute atomic E-state index is 0.227. The maximum Gasteiger partial charge on any atom is 0.253 e. The van der Waals surface area contributed by atoms with E-state index in [9.17, 15) is 0 Å². The molecular formula is C14H19N3O2. The van der Waals surface area contributed by atoms with Gasteiger partial charge in [0.2, 0.25) is 5.89 Å². The molecule has 0 radical (unpaired) electrons. The maximum atomic E-state index is 5.77. The summed E-state index contributed by atoms with van der Waals surface area (Å²) in [6.45, 7) is 4.35. The lowest BCUT2D eigenvalue weighted by Gasteiger charge is -2.15. The number of rotatable bonds is 6. The number of benzene rings is 1. The van der Waals surface area contributed by atoms with Crippen molar-refractivity contribution in [2.24, 2.45) is 0 Å². The predicted octanol–water partition coefficient (Wildman–Crippen LogP) is 2.49. The van der Waals surface area contributed by atoms with Crippen LogP contribution in [0.4, 0.5) is 0 Å². The van der Waals surface area contributed by atoms with Gasteiger partial charge in [-0.15, -0.1) is 10.2 Å². The van der Waals surface area contributed by atoms with Crippen LogP contribution in [0.1, 0.15) is 37.2 Å². The molecule has 19 heavy (non-hydrogen) atoms. The Bertz CT molecular complexity index is 525. The molecule has 0 bridgehead atoms. The fourth-order valence-corrected chi connectivity index (χ4v) is 1.75. The molecule has 0 aliphatic heterocycles. The maximum absolute atomic E-state index is 5.77. The van der Waals surface area contributed by atoms with E-state index in [4.69, 9.17) is 9.15 Å². The van der Waals surface area contributed by atoms with E-state index in [0.29, 0.717) is 18.4 Å². The Labute approximate surface area is 113 Å². The van der Waals surface area contributed by atoms with E-state index in [1.807, 2.05) is 38.2 Å². The molecule has 1 N–H and O–H groups in total. The minimum Gasteiger partial charge on any atom is -0.483 e. The van der Waals surface area contributed by atoms with Crippen molar-refractivity contribution < 1.29 is 9.15 Å². The Balaban J connectivity index is 2.06. The second-order valence-electron chi connectivity index (χ2n) is 4.28. The summed E-state index contributed by atoms with van der Waals surface area (Å²) in [5, 5.41) is 11.1. The summed E-state index contributed by atoms with van der Waals surface area (Å²) >= 11 is 0. The van der Waals surface area contributed by atoms with E-state index < -0.39 is 0 Å². The molecule has 0 aliphatic rings. The number of nitrogens with one attached hydrogen (secondary N) is 1. The average Bonchev–Trinajstić information content (AvgIpc) is 2.92. The highest BCUT2D eigenvalue weighted by atomic mass is 16.5. The Morgan fingerprint density at radius 2 is 2.00 bits per heavy atom. The van der Waals surface area contributed by atoms with Crippen LogP contribution in [0.25, 0.3) is 0 Å². The largest absolute Gasteiger partial charge is 0.483 e. The smallest absolute Gasteiger partial charge is 0.253 e. The third-order valence-corrected chi connectivity index (χ3v) is 2.98. The van der Waals surface area contributed by atoms with E-state index in [0.717, 1.165) is 17.7 Å². The summed E-state index contributed by atoms with van der Waals surface area (Å²) in [6, 6.07) is 8.16. The van der Waals surface area contributed by atoms with Crippen LogP contribution in [0.3, 0.4) is 0 Å². The van der Waals surface area contributed by atoms with E-state index in [1.165, 1.54) is 0 Å². The summed E-state index contributed by atoms with van der Waals surface area (Å²) < 4.78 is 11.2. The molecule has 0 aliphatic carbocycles. The van der Waals surface area contributed by atoms with E-state index >= 15 is 0 Å². The fraction of sp³-hybridized carbons (Fsp3) is 0.429. The summed E-state index contributed by atoms with van der Waals surface area (Å²) in [5.41, 5.74) is 1.11. The second-order valence-corrected chi connectivity index (χ2v) is 4.28. The van der Waals surface area contributed by atoms with Crippen LogP contribution < -0.4 is 10.1 Å². The van der Waals surface area contributed by atoms with Crippen molar-refractivity contribution in [1.29, 1.82) is 0 Å². The molecular weight excluding hydrogens is 242 g/mol. The predicted molar refractivity (Wildman–Crippen MR) is 71.9 cm³/mol. The van der Waals surface area contributed by atoms with Crippen LogP contribution in [0.15, 0.2) is 28.7 Å². The lowest BCUT2D eigenvalue weighted by Crippen LogP contribution is -2.13. The third kappa shape index (κ3) is 3.32. The molecule has 102 valence electrons. The molecule has 0 saturated carbocycles. The van der Waals surface area contributed by atoms with Crippen molar-refractivity contribution in [3.8, 4) is 5.75 Å². The highest BCUT2D eigenvalue weighted by Gasteiger charge is 2.11. The SMILES string of the molecule is CCc1nnc(COc2ccccc2C(C)NC)o1. The van der Waals surface area contributed by atoms with Crippen molar-refractivity contribution >= 4 is 0 Å². The molecule has 1 unspecified atom stereocenters. The number of aryl methyl sites for hydroxylation is 1. The minimum atomic E-state index is 0.227. The van der Waals surface area contributed by atoms with Crippen LogP contribution in [-0.2, 0) is 13.0 Å².